The van der Waals surface area contributed by atoms with Crippen LogP contribution < -0.4 is 0 Å². The lowest BCUT2D eigenvalue weighted by atomic mass is 10.1. The van der Waals surface area contributed by atoms with E-state index >= 15 is 0 Å². The summed E-state index contributed by atoms with van der Waals surface area (Å²) in [6.45, 7) is 8.63. The molecule has 0 spiro atoms. The van der Waals surface area contributed by atoms with Gasteiger partial charge in [0.25, 0.3) is 0 Å². The van der Waals surface area contributed by atoms with Crippen molar-refractivity contribution in [1.29, 1.82) is 0 Å². The van der Waals surface area contributed by atoms with Crippen molar-refractivity contribution in [3.8, 4) is 0 Å². The molecule has 1 unspecified atom stereocenters. The first-order valence-corrected chi connectivity index (χ1v) is 4.53. The van der Waals surface area contributed by atoms with Crippen LogP contribution in [0.2, 0.25) is 0 Å². The Morgan fingerprint density at radius 3 is 2.83 bits per heavy atom. The maximum Gasteiger partial charge on any atom is 0.0563 e. The third-order valence-electron chi connectivity index (χ3n) is 1.64. The number of aliphatic imine (C=N–C) groups is 1. The predicted octanol–water partition coefficient (Wildman–Crippen LogP) is 3.24. The zero-order chi connectivity index (χ0) is 9.23. The Bertz CT molecular complexity index is 156. The fourth-order valence-corrected chi connectivity index (χ4v) is 1.00. The van der Waals surface area contributed by atoms with Crippen molar-refractivity contribution in [2.45, 2.75) is 26.7 Å². The van der Waals surface area contributed by atoms with E-state index < -0.39 is 0 Å². The van der Waals surface area contributed by atoms with Gasteiger partial charge in [-0.1, -0.05) is 25.2 Å². The molecule has 0 bridgehead atoms. The average Bonchev–Trinajstić information content (AvgIpc) is 2.05. The van der Waals surface area contributed by atoms with Crippen LogP contribution >= 0.6 is 0 Å². The molecular weight excluding hydrogens is 146 g/mol. The van der Waals surface area contributed by atoms with E-state index in [-0.39, 0.29) is 0 Å². The third kappa shape index (κ3) is 7.26. The molecule has 1 heteroatoms. The van der Waals surface area contributed by atoms with Crippen LogP contribution in [0.3, 0.4) is 0 Å². The summed E-state index contributed by atoms with van der Waals surface area (Å²) in [5.74, 6) is 0.671. The number of hydrogen-bond donors (Lipinski definition) is 0. The number of nitrogens with zero attached hydrogens (tertiary/aromatic N) is 1. The monoisotopic (exact) mass is 165 g/mol. The second kappa shape index (κ2) is 8.25. The van der Waals surface area contributed by atoms with Crippen molar-refractivity contribution < 1.29 is 0 Å². The van der Waals surface area contributed by atoms with Gasteiger partial charge in [-0.25, -0.2) is 0 Å². The molecular formula is C11H19N. The fourth-order valence-electron chi connectivity index (χ4n) is 1.00. The van der Waals surface area contributed by atoms with Gasteiger partial charge in [0.15, 0.2) is 0 Å². The molecule has 0 fully saturated rings. The Morgan fingerprint density at radius 2 is 2.25 bits per heavy atom. The van der Waals surface area contributed by atoms with Gasteiger partial charge in [0, 0.05) is 0 Å². The molecule has 0 aromatic heterocycles. The van der Waals surface area contributed by atoms with Crippen molar-refractivity contribution in [3.05, 3.63) is 24.8 Å². The van der Waals surface area contributed by atoms with Crippen molar-refractivity contribution >= 4 is 6.21 Å². The number of allylic oxidation sites excluding steroid dienone is 2. The second-order valence-electron chi connectivity index (χ2n) is 2.92. The van der Waals surface area contributed by atoms with Crippen LogP contribution in [0.4, 0.5) is 0 Å². The molecule has 0 aromatic rings. The van der Waals surface area contributed by atoms with Crippen molar-refractivity contribution in [1.82, 2.24) is 0 Å². The smallest absolute Gasteiger partial charge is 0.0563 e. The lowest BCUT2D eigenvalue weighted by Gasteiger charge is -2.00. The summed E-state index contributed by atoms with van der Waals surface area (Å²) in [6, 6.07) is 0. The molecule has 12 heavy (non-hydrogen) atoms. The van der Waals surface area contributed by atoms with Crippen molar-refractivity contribution in [3.63, 3.8) is 0 Å². The molecule has 0 amide bonds. The van der Waals surface area contributed by atoms with Gasteiger partial charge in [-0.15, -0.1) is 6.58 Å². The second-order valence-corrected chi connectivity index (χ2v) is 2.92. The molecule has 0 saturated heterocycles. The summed E-state index contributed by atoms with van der Waals surface area (Å²) >= 11 is 0. The van der Waals surface area contributed by atoms with Crippen LogP contribution in [0.15, 0.2) is 29.8 Å². The quantitative estimate of drug-likeness (QED) is 0.423. The van der Waals surface area contributed by atoms with Gasteiger partial charge in [-0.2, -0.15) is 0 Å². The van der Waals surface area contributed by atoms with Gasteiger partial charge in [0.05, 0.1) is 6.54 Å². The maximum atomic E-state index is 4.15. The zero-order valence-corrected chi connectivity index (χ0v) is 8.16. The minimum Gasteiger partial charge on any atom is -0.293 e. The summed E-state index contributed by atoms with van der Waals surface area (Å²) in [6.07, 6.45) is 10.4. The fraction of sp³-hybridized carbons (Fsp3) is 0.545. The van der Waals surface area contributed by atoms with E-state index in [1.165, 1.54) is 6.42 Å². The lowest BCUT2D eigenvalue weighted by Crippen LogP contribution is -1.89. The van der Waals surface area contributed by atoms with Crippen LogP contribution in [0.5, 0.6) is 0 Å². The molecule has 1 atom stereocenters. The predicted molar refractivity (Wildman–Crippen MR) is 56.8 cm³/mol. The highest BCUT2D eigenvalue weighted by atomic mass is 14.7. The molecule has 0 radical (unpaired) electrons. The van der Waals surface area contributed by atoms with Crippen LogP contribution in [-0.2, 0) is 0 Å². The van der Waals surface area contributed by atoms with E-state index in [0.717, 1.165) is 13.0 Å². The van der Waals surface area contributed by atoms with Gasteiger partial charge in [0.2, 0.25) is 0 Å². The zero-order valence-electron chi connectivity index (χ0n) is 8.16. The first-order chi connectivity index (χ1) is 5.81. The SMILES string of the molecule is C=CCN=CCCC(C)/C=C\C. The Labute approximate surface area is 75.9 Å². The van der Waals surface area contributed by atoms with E-state index in [1.54, 1.807) is 0 Å². The third-order valence-corrected chi connectivity index (χ3v) is 1.64. The van der Waals surface area contributed by atoms with Crippen LogP contribution in [0.25, 0.3) is 0 Å². The average molecular weight is 165 g/mol. The van der Waals surface area contributed by atoms with E-state index in [4.69, 9.17) is 0 Å². The Morgan fingerprint density at radius 1 is 1.50 bits per heavy atom. The number of hydrogen-bond acceptors (Lipinski definition) is 1. The summed E-state index contributed by atoms with van der Waals surface area (Å²) in [5, 5.41) is 0. The minimum absolute atomic E-state index is 0.671. The van der Waals surface area contributed by atoms with Crippen LogP contribution in [-0.4, -0.2) is 12.8 Å². The summed E-state index contributed by atoms with van der Waals surface area (Å²) in [5.41, 5.74) is 0. The van der Waals surface area contributed by atoms with Crippen molar-refractivity contribution in [2.24, 2.45) is 10.9 Å². The maximum absolute atomic E-state index is 4.15. The molecule has 1 nitrogen and oxygen atoms in total. The van der Waals surface area contributed by atoms with Gasteiger partial charge < -0.3 is 0 Å². The molecule has 0 rings (SSSR count). The molecule has 0 aliphatic rings. The Kier molecular flexibility index (Phi) is 7.66. The van der Waals surface area contributed by atoms with Gasteiger partial charge in [-0.3, -0.25) is 4.99 Å². The van der Waals surface area contributed by atoms with Crippen LogP contribution in [0.1, 0.15) is 26.7 Å². The molecule has 0 aliphatic carbocycles. The molecule has 0 N–H and O–H groups in total. The summed E-state index contributed by atoms with van der Waals surface area (Å²) in [7, 11) is 0. The normalized spacial score (nSPS) is 14.2. The first kappa shape index (κ1) is 11.2. The highest BCUT2D eigenvalue weighted by Gasteiger charge is 1.92. The van der Waals surface area contributed by atoms with Crippen molar-refractivity contribution in [2.75, 3.05) is 6.54 Å². The van der Waals surface area contributed by atoms with E-state index in [9.17, 15) is 0 Å². The van der Waals surface area contributed by atoms with E-state index in [1.807, 2.05) is 12.3 Å². The van der Waals surface area contributed by atoms with Gasteiger partial charge in [-0.05, 0) is 31.9 Å². The first-order valence-electron chi connectivity index (χ1n) is 4.53. The molecule has 0 heterocycles. The standard InChI is InChI=1S/C11H19N/c1-4-7-11(3)8-6-10-12-9-5-2/h4-5,7,10-11H,2,6,8-9H2,1,3H3/b7-4-,12-10?. The molecule has 68 valence electrons. The molecule has 0 aromatic carbocycles. The van der Waals surface area contributed by atoms with Gasteiger partial charge in [0.1, 0.15) is 0 Å². The van der Waals surface area contributed by atoms with E-state index in [0.29, 0.717) is 5.92 Å². The minimum atomic E-state index is 0.671. The highest BCUT2D eigenvalue weighted by molar-refractivity contribution is 5.57. The largest absolute Gasteiger partial charge is 0.293 e. The summed E-state index contributed by atoms with van der Waals surface area (Å²) in [4.78, 5) is 4.15. The summed E-state index contributed by atoms with van der Waals surface area (Å²) < 4.78 is 0. The van der Waals surface area contributed by atoms with E-state index in [2.05, 4.69) is 37.6 Å². The number of rotatable bonds is 6. The molecule has 0 aliphatic heterocycles. The highest BCUT2D eigenvalue weighted by Crippen LogP contribution is 2.05. The lowest BCUT2D eigenvalue weighted by molar-refractivity contribution is 0.672. The molecule has 0 saturated carbocycles. The Balaban J connectivity index is 3.35. The van der Waals surface area contributed by atoms with Gasteiger partial charge >= 0.3 is 0 Å². The topological polar surface area (TPSA) is 12.4 Å². The Hall–Kier alpha value is -0.850. The van der Waals surface area contributed by atoms with Crippen LogP contribution in [0, 0.1) is 5.92 Å².